The molecule has 124 valence electrons. The maximum atomic E-state index is 12.3. The quantitative estimate of drug-likeness (QED) is 0.788. The molecule has 0 bridgehead atoms. The molecule has 2 aromatic heterocycles. The fourth-order valence-electron chi connectivity index (χ4n) is 2.77. The standard InChI is InChI=1S/C15H20ClN5O2/c1-15(2,3)23-14(22)20-6-4-5-11(20)9-21-12-10(8-18-21)7-17-13(16)19-12/h7-8,11H,4-6,9H2,1-3H3/t11-/m0/s1. The van der Waals surface area contributed by atoms with E-state index in [1.54, 1.807) is 22.0 Å². The first-order valence-corrected chi connectivity index (χ1v) is 8.05. The van der Waals surface area contributed by atoms with E-state index in [-0.39, 0.29) is 17.4 Å². The van der Waals surface area contributed by atoms with Gasteiger partial charge in [-0.2, -0.15) is 10.1 Å². The number of ether oxygens (including phenoxy) is 1. The Hall–Kier alpha value is -1.89. The molecule has 0 N–H and O–H groups in total. The molecule has 23 heavy (non-hydrogen) atoms. The number of halogens is 1. The molecule has 8 heteroatoms. The summed E-state index contributed by atoms with van der Waals surface area (Å²) in [4.78, 5) is 22.3. The third-order valence-corrected chi connectivity index (χ3v) is 3.92. The molecule has 0 spiro atoms. The number of nitrogens with zero attached hydrogens (tertiary/aromatic N) is 5. The van der Waals surface area contributed by atoms with Crippen molar-refractivity contribution in [2.24, 2.45) is 0 Å². The molecule has 0 unspecified atom stereocenters. The maximum Gasteiger partial charge on any atom is 0.410 e. The summed E-state index contributed by atoms with van der Waals surface area (Å²) >= 11 is 5.87. The summed E-state index contributed by atoms with van der Waals surface area (Å²) in [5.74, 6) is 0. The van der Waals surface area contributed by atoms with Gasteiger partial charge in [-0.05, 0) is 45.2 Å². The highest BCUT2D eigenvalue weighted by Crippen LogP contribution is 2.23. The van der Waals surface area contributed by atoms with E-state index in [9.17, 15) is 4.79 Å². The van der Waals surface area contributed by atoms with Crippen LogP contribution in [0.5, 0.6) is 0 Å². The fourth-order valence-corrected chi connectivity index (χ4v) is 2.89. The molecule has 7 nitrogen and oxygen atoms in total. The second kappa shape index (κ2) is 5.96. The molecule has 1 aliphatic rings. The monoisotopic (exact) mass is 337 g/mol. The molecule has 0 aromatic carbocycles. The van der Waals surface area contributed by atoms with Crippen LogP contribution < -0.4 is 0 Å². The molecule has 1 amide bonds. The van der Waals surface area contributed by atoms with E-state index in [1.807, 2.05) is 20.8 Å². The van der Waals surface area contributed by atoms with Crippen LogP contribution in [0.4, 0.5) is 4.79 Å². The van der Waals surface area contributed by atoms with E-state index < -0.39 is 5.60 Å². The van der Waals surface area contributed by atoms with Gasteiger partial charge in [-0.3, -0.25) is 0 Å². The summed E-state index contributed by atoms with van der Waals surface area (Å²) in [5.41, 5.74) is 0.185. The number of fused-ring (bicyclic) bond motifs is 1. The molecule has 0 radical (unpaired) electrons. The number of amides is 1. The van der Waals surface area contributed by atoms with Gasteiger partial charge in [0.25, 0.3) is 0 Å². The Bertz CT molecular complexity index is 724. The van der Waals surface area contributed by atoms with Crippen molar-refractivity contribution in [3.05, 3.63) is 17.7 Å². The van der Waals surface area contributed by atoms with E-state index >= 15 is 0 Å². The molecule has 0 saturated carbocycles. The topological polar surface area (TPSA) is 73.1 Å². The van der Waals surface area contributed by atoms with Crippen molar-refractivity contribution in [3.8, 4) is 0 Å². The molecule has 1 fully saturated rings. The minimum absolute atomic E-state index is 0.0432. The normalized spacial score (nSPS) is 18.6. The molecule has 3 heterocycles. The number of aromatic nitrogens is 4. The minimum atomic E-state index is -0.497. The molecule has 3 rings (SSSR count). The van der Waals surface area contributed by atoms with Crippen LogP contribution in [0.1, 0.15) is 33.6 Å². The van der Waals surface area contributed by atoms with Crippen molar-refractivity contribution in [2.75, 3.05) is 6.54 Å². The average Bonchev–Trinajstić information content (AvgIpc) is 3.05. The Labute approximate surface area is 139 Å². The summed E-state index contributed by atoms with van der Waals surface area (Å²) < 4.78 is 7.26. The Kier molecular flexibility index (Phi) is 4.14. The molecule has 1 aliphatic heterocycles. The van der Waals surface area contributed by atoms with Gasteiger partial charge in [0, 0.05) is 12.7 Å². The van der Waals surface area contributed by atoms with E-state index in [1.165, 1.54) is 0 Å². The van der Waals surface area contributed by atoms with Crippen LogP contribution in [0.25, 0.3) is 11.0 Å². The van der Waals surface area contributed by atoms with Gasteiger partial charge in [-0.1, -0.05) is 0 Å². The van der Waals surface area contributed by atoms with Crippen LogP contribution in [0.3, 0.4) is 0 Å². The number of carbonyl (C=O) groups excluding carboxylic acids is 1. The van der Waals surface area contributed by atoms with E-state index in [2.05, 4.69) is 15.1 Å². The van der Waals surface area contributed by atoms with Crippen LogP contribution in [-0.2, 0) is 11.3 Å². The third-order valence-electron chi connectivity index (χ3n) is 3.74. The second-order valence-electron chi connectivity index (χ2n) is 6.71. The Balaban J connectivity index is 1.78. The van der Waals surface area contributed by atoms with Gasteiger partial charge in [-0.15, -0.1) is 0 Å². The first-order chi connectivity index (χ1) is 10.8. The van der Waals surface area contributed by atoms with Gasteiger partial charge in [-0.25, -0.2) is 14.5 Å². The average molecular weight is 338 g/mol. The molecule has 1 atom stereocenters. The zero-order chi connectivity index (χ0) is 16.6. The second-order valence-corrected chi connectivity index (χ2v) is 7.05. The molecular weight excluding hydrogens is 318 g/mol. The van der Waals surface area contributed by atoms with Crippen LogP contribution in [0.15, 0.2) is 12.4 Å². The third kappa shape index (κ3) is 3.55. The Morgan fingerprint density at radius 1 is 1.43 bits per heavy atom. The van der Waals surface area contributed by atoms with Crippen LogP contribution in [-0.4, -0.2) is 48.9 Å². The predicted molar refractivity (Wildman–Crippen MR) is 86.3 cm³/mol. The Morgan fingerprint density at radius 2 is 2.22 bits per heavy atom. The van der Waals surface area contributed by atoms with Crippen LogP contribution >= 0.6 is 11.6 Å². The summed E-state index contributed by atoms with van der Waals surface area (Å²) in [6.07, 6.45) is 4.95. The molecule has 1 saturated heterocycles. The van der Waals surface area contributed by atoms with Crippen molar-refractivity contribution in [1.29, 1.82) is 0 Å². The summed E-state index contributed by atoms with van der Waals surface area (Å²) in [6, 6.07) is 0.0432. The summed E-state index contributed by atoms with van der Waals surface area (Å²) in [6.45, 7) is 6.88. The summed E-state index contributed by atoms with van der Waals surface area (Å²) in [5, 5.41) is 5.36. The zero-order valence-electron chi connectivity index (χ0n) is 13.5. The minimum Gasteiger partial charge on any atom is -0.444 e. The lowest BCUT2D eigenvalue weighted by Crippen LogP contribution is -2.41. The SMILES string of the molecule is CC(C)(C)OC(=O)N1CCC[C@H]1Cn1ncc2cnc(Cl)nc21. The molecular formula is C15H20ClN5O2. The first-order valence-electron chi connectivity index (χ1n) is 7.67. The van der Waals surface area contributed by atoms with Crippen molar-refractivity contribution in [2.45, 2.75) is 51.8 Å². The molecule has 2 aromatic rings. The van der Waals surface area contributed by atoms with Gasteiger partial charge >= 0.3 is 6.09 Å². The lowest BCUT2D eigenvalue weighted by molar-refractivity contribution is 0.0212. The van der Waals surface area contributed by atoms with Crippen LogP contribution in [0.2, 0.25) is 5.28 Å². The van der Waals surface area contributed by atoms with Crippen molar-refractivity contribution in [1.82, 2.24) is 24.6 Å². The van der Waals surface area contributed by atoms with Gasteiger partial charge < -0.3 is 9.64 Å². The largest absolute Gasteiger partial charge is 0.444 e. The highest BCUT2D eigenvalue weighted by atomic mass is 35.5. The molecule has 0 aliphatic carbocycles. The number of hydrogen-bond donors (Lipinski definition) is 0. The number of carbonyl (C=O) groups is 1. The van der Waals surface area contributed by atoms with Crippen LogP contribution in [0, 0.1) is 0 Å². The highest BCUT2D eigenvalue weighted by Gasteiger charge is 2.32. The lowest BCUT2D eigenvalue weighted by atomic mass is 10.2. The highest BCUT2D eigenvalue weighted by molar-refractivity contribution is 6.28. The summed E-state index contributed by atoms with van der Waals surface area (Å²) in [7, 11) is 0. The predicted octanol–water partition coefficient (Wildman–Crippen LogP) is 2.88. The van der Waals surface area contributed by atoms with E-state index in [0.717, 1.165) is 18.2 Å². The van der Waals surface area contributed by atoms with E-state index in [0.29, 0.717) is 18.7 Å². The number of rotatable bonds is 2. The number of hydrogen-bond acceptors (Lipinski definition) is 5. The zero-order valence-corrected chi connectivity index (χ0v) is 14.2. The first kappa shape index (κ1) is 16.0. The van der Waals surface area contributed by atoms with E-state index in [4.69, 9.17) is 16.3 Å². The lowest BCUT2D eigenvalue weighted by Gasteiger charge is -2.28. The van der Waals surface area contributed by atoms with Gasteiger partial charge in [0.05, 0.1) is 24.2 Å². The maximum absolute atomic E-state index is 12.3. The smallest absolute Gasteiger partial charge is 0.410 e. The van der Waals surface area contributed by atoms with Crippen molar-refractivity contribution >= 4 is 28.7 Å². The van der Waals surface area contributed by atoms with Crippen molar-refractivity contribution < 1.29 is 9.53 Å². The Morgan fingerprint density at radius 3 is 2.96 bits per heavy atom. The van der Waals surface area contributed by atoms with Gasteiger partial charge in [0.1, 0.15) is 5.60 Å². The van der Waals surface area contributed by atoms with Gasteiger partial charge in [0.15, 0.2) is 5.65 Å². The van der Waals surface area contributed by atoms with Crippen molar-refractivity contribution in [3.63, 3.8) is 0 Å². The van der Waals surface area contributed by atoms with Gasteiger partial charge in [0.2, 0.25) is 5.28 Å². The number of likely N-dealkylation sites (tertiary alicyclic amines) is 1. The fraction of sp³-hybridized carbons (Fsp3) is 0.600.